The number of aromatic nitrogens is 2. The fraction of sp³-hybridized carbons (Fsp3) is 0.267. The summed E-state index contributed by atoms with van der Waals surface area (Å²) in [6.45, 7) is 4.00. The number of anilines is 1. The Labute approximate surface area is 123 Å². The van der Waals surface area contributed by atoms with Crippen molar-refractivity contribution in [2.24, 2.45) is 5.92 Å². The van der Waals surface area contributed by atoms with Crippen molar-refractivity contribution in [3.63, 3.8) is 0 Å². The SMILES string of the molecule is CC(C)CC(=O)Nc1cnc(-c2cccc(Cl)c2)nc1. The van der Waals surface area contributed by atoms with Crippen molar-refractivity contribution in [1.29, 1.82) is 0 Å². The number of carbonyl (C=O) groups is 1. The van der Waals surface area contributed by atoms with Crippen molar-refractivity contribution in [3.05, 3.63) is 41.7 Å². The summed E-state index contributed by atoms with van der Waals surface area (Å²) in [6, 6.07) is 7.33. The van der Waals surface area contributed by atoms with Crippen LogP contribution in [0.3, 0.4) is 0 Å². The Bertz CT molecular complexity index is 596. The van der Waals surface area contributed by atoms with E-state index in [2.05, 4.69) is 15.3 Å². The predicted octanol–water partition coefficient (Wildman–Crippen LogP) is 3.78. The summed E-state index contributed by atoms with van der Waals surface area (Å²) >= 11 is 5.93. The van der Waals surface area contributed by atoms with E-state index in [1.807, 2.05) is 26.0 Å². The van der Waals surface area contributed by atoms with Gasteiger partial charge in [-0.3, -0.25) is 4.79 Å². The van der Waals surface area contributed by atoms with Crippen molar-refractivity contribution < 1.29 is 4.79 Å². The smallest absolute Gasteiger partial charge is 0.224 e. The second-order valence-electron chi connectivity index (χ2n) is 4.95. The molecular weight excluding hydrogens is 274 g/mol. The summed E-state index contributed by atoms with van der Waals surface area (Å²) in [4.78, 5) is 20.1. The van der Waals surface area contributed by atoms with Crippen LogP contribution in [0.1, 0.15) is 20.3 Å². The van der Waals surface area contributed by atoms with Crippen LogP contribution in [0.25, 0.3) is 11.4 Å². The topological polar surface area (TPSA) is 54.9 Å². The fourth-order valence-electron chi connectivity index (χ4n) is 1.75. The molecule has 0 atom stereocenters. The molecule has 0 aliphatic rings. The van der Waals surface area contributed by atoms with E-state index < -0.39 is 0 Å². The minimum Gasteiger partial charge on any atom is -0.323 e. The van der Waals surface area contributed by atoms with E-state index in [9.17, 15) is 4.79 Å². The molecule has 2 aromatic rings. The molecule has 0 saturated heterocycles. The molecule has 1 heterocycles. The maximum Gasteiger partial charge on any atom is 0.224 e. The molecule has 0 saturated carbocycles. The second kappa shape index (κ2) is 6.48. The van der Waals surface area contributed by atoms with Gasteiger partial charge in [-0.25, -0.2) is 9.97 Å². The van der Waals surface area contributed by atoms with Crippen LogP contribution in [0.4, 0.5) is 5.69 Å². The Hall–Kier alpha value is -1.94. The number of carbonyl (C=O) groups excluding carboxylic acids is 1. The first-order valence-electron chi connectivity index (χ1n) is 6.42. The van der Waals surface area contributed by atoms with Gasteiger partial charge in [0.05, 0.1) is 18.1 Å². The largest absolute Gasteiger partial charge is 0.323 e. The zero-order valence-electron chi connectivity index (χ0n) is 11.4. The van der Waals surface area contributed by atoms with E-state index >= 15 is 0 Å². The minimum atomic E-state index is -0.0286. The van der Waals surface area contributed by atoms with E-state index in [4.69, 9.17) is 11.6 Å². The van der Waals surface area contributed by atoms with E-state index in [-0.39, 0.29) is 5.91 Å². The summed E-state index contributed by atoms with van der Waals surface area (Å²) in [5, 5.41) is 3.41. The molecule has 0 aliphatic heterocycles. The van der Waals surface area contributed by atoms with Gasteiger partial charge in [0.25, 0.3) is 0 Å². The Morgan fingerprint density at radius 1 is 1.30 bits per heavy atom. The van der Waals surface area contributed by atoms with Crippen molar-refractivity contribution in [2.75, 3.05) is 5.32 Å². The van der Waals surface area contributed by atoms with Crippen molar-refractivity contribution in [2.45, 2.75) is 20.3 Å². The Morgan fingerprint density at radius 3 is 2.60 bits per heavy atom. The molecular formula is C15H16ClN3O. The highest BCUT2D eigenvalue weighted by atomic mass is 35.5. The number of nitrogens with one attached hydrogen (secondary N) is 1. The summed E-state index contributed by atoms with van der Waals surface area (Å²) < 4.78 is 0. The fourth-order valence-corrected chi connectivity index (χ4v) is 1.94. The van der Waals surface area contributed by atoms with E-state index in [0.717, 1.165) is 5.56 Å². The molecule has 1 aromatic heterocycles. The molecule has 0 radical (unpaired) electrons. The van der Waals surface area contributed by atoms with Gasteiger partial charge in [-0.2, -0.15) is 0 Å². The lowest BCUT2D eigenvalue weighted by molar-refractivity contribution is -0.116. The number of hydrogen-bond donors (Lipinski definition) is 1. The van der Waals surface area contributed by atoms with Gasteiger partial charge >= 0.3 is 0 Å². The summed E-state index contributed by atoms with van der Waals surface area (Å²) in [5.74, 6) is 0.870. The van der Waals surface area contributed by atoms with E-state index in [1.54, 1.807) is 24.5 Å². The second-order valence-corrected chi connectivity index (χ2v) is 5.39. The summed E-state index contributed by atoms with van der Waals surface area (Å²) in [7, 11) is 0. The standard InChI is InChI=1S/C15H16ClN3O/c1-10(2)6-14(20)19-13-8-17-15(18-9-13)11-4-3-5-12(16)7-11/h3-5,7-10H,6H2,1-2H3,(H,19,20). The highest BCUT2D eigenvalue weighted by molar-refractivity contribution is 6.30. The summed E-state index contributed by atoms with van der Waals surface area (Å²) in [5.41, 5.74) is 1.44. The van der Waals surface area contributed by atoms with Crippen LogP contribution >= 0.6 is 11.6 Å². The monoisotopic (exact) mass is 289 g/mol. The molecule has 4 nitrogen and oxygen atoms in total. The van der Waals surface area contributed by atoms with Crippen LogP contribution in [0.2, 0.25) is 5.02 Å². The lowest BCUT2D eigenvalue weighted by Crippen LogP contribution is -2.14. The number of amides is 1. The normalized spacial score (nSPS) is 10.6. The van der Waals surface area contributed by atoms with E-state index in [1.165, 1.54) is 0 Å². The highest BCUT2D eigenvalue weighted by Crippen LogP contribution is 2.19. The molecule has 0 bridgehead atoms. The maximum atomic E-state index is 11.6. The quantitative estimate of drug-likeness (QED) is 0.932. The van der Waals surface area contributed by atoms with Crippen LogP contribution in [-0.4, -0.2) is 15.9 Å². The van der Waals surface area contributed by atoms with Gasteiger partial charge in [-0.1, -0.05) is 37.6 Å². The predicted molar refractivity (Wildman–Crippen MR) is 80.6 cm³/mol. The molecule has 1 N–H and O–H groups in total. The first kappa shape index (κ1) is 14.5. The van der Waals surface area contributed by atoms with Gasteiger partial charge in [0.1, 0.15) is 0 Å². The Kier molecular flexibility index (Phi) is 4.69. The number of rotatable bonds is 4. The first-order valence-corrected chi connectivity index (χ1v) is 6.80. The van der Waals surface area contributed by atoms with Gasteiger partial charge in [0, 0.05) is 17.0 Å². The van der Waals surface area contributed by atoms with Crippen molar-refractivity contribution in [1.82, 2.24) is 9.97 Å². The van der Waals surface area contributed by atoms with Gasteiger partial charge in [-0.05, 0) is 18.1 Å². The zero-order valence-corrected chi connectivity index (χ0v) is 12.2. The average molecular weight is 290 g/mol. The Morgan fingerprint density at radius 2 is 2.00 bits per heavy atom. The van der Waals surface area contributed by atoms with Crippen LogP contribution in [0, 0.1) is 5.92 Å². The van der Waals surface area contributed by atoms with E-state index in [0.29, 0.717) is 28.9 Å². The first-order chi connectivity index (χ1) is 9.54. The third-order valence-electron chi connectivity index (χ3n) is 2.61. The maximum absolute atomic E-state index is 11.6. The number of hydrogen-bond acceptors (Lipinski definition) is 3. The average Bonchev–Trinajstić information content (AvgIpc) is 2.38. The number of nitrogens with zero attached hydrogens (tertiary/aromatic N) is 2. The summed E-state index contributed by atoms with van der Waals surface area (Å²) in [6.07, 6.45) is 3.68. The van der Waals surface area contributed by atoms with Crippen LogP contribution in [0.15, 0.2) is 36.7 Å². The van der Waals surface area contributed by atoms with Gasteiger partial charge in [-0.15, -0.1) is 0 Å². The van der Waals surface area contributed by atoms with Crippen molar-refractivity contribution >= 4 is 23.2 Å². The Balaban J connectivity index is 2.08. The van der Waals surface area contributed by atoms with Crippen LogP contribution in [-0.2, 0) is 4.79 Å². The zero-order chi connectivity index (χ0) is 14.5. The minimum absolute atomic E-state index is 0.0286. The number of halogens is 1. The third-order valence-corrected chi connectivity index (χ3v) is 2.85. The lowest BCUT2D eigenvalue weighted by Gasteiger charge is -2.07. The van der Waals surface area contributed by atoms with Gasteiger partial charge < -0.3 is 5.32 Å². The molecule has 1 amide bonds. The molecule has 0 aliphatic carbocycles. The molecule has 104 valence electrons. The number of benzene rings is 1. The van der Waals surface area contributed by atoms with Gasteiger partial charge in [0.2, 0.25) is 5.91 Å². The molecule has 0 unspecified atom stereocenters. The van der Waals surface area contributed by atoms with Crippen LogP contribution in [0.5, 0.6) is 0 Å². The highest BCUT2D eigenvalue weighted by Gasteiger charge is 2.07. The molecule has 20 heavy (non-hydrogen) atoms. The van der Waals surface area contributed by atoms with Crippen molar-refractivity contribution in [3.8, 4) is 11.4 Å². The molecule has 2 rings (SSSR count). The molecule has 5 heteroatoms. The molecule has 0 spiro atoms. The lowest BCUT2D eigenvalue weighted by atomic mass is 10.1. The van der Waals surface area contributed by atoms with Gasteiger partial charge in [0.15, 0.2) is 5.82 Å². The third kappa shape index (κ3) is 4.03. The molecule has 1 aromatic carbocycles. The molecule has 0 fully saturated rings. The van der Waals surface area contributed by atoms with Crippen LogP contribution < -0.4 is 5.32 Å².